The molecule has 44 heavy (non-hydrogen) atoms. The minimum absolute atomic E-state index is 0.0433. The highest BCUT2D eigenvalue weighted by Gasteiger charge is 2.35. The molecule has 1 saturated carbocycles. The van der Waals surface area contributed by atoms with E-state index in [0.29, 0.717) is 17.9 Å². The van der Waals surface area contributed by atoms with Gasteiger partial charge in [0, 0.05) is 18.7 Å². The monoisotopic (exact) mass is 621 g/mol. The van der Waals surface area contributed by atoms with Crippen molar-refractivity contribution in [3.05, 3.63) is 83.4 Å². The predicted molar refractivity (Wildman–Crippen MR) is 171 cm³/mol. The lowest BCUT2D eigenvalue weighted by Crippen LogP contribution is -2.53. The van der Waals surface area contributed by atoms with E-state index in [1.807, 2.05) is 45.0 Å². The van der Waals surface area contributed by atoms with Crippen LogP contribution >= 0.6 is 0 Å². The minimum atomic E-state index is -4.20. The largest absolute Gasteiger partial charge is 0.493 e. The van der Waals surface area contributed by atoms with E-state index < -0.39 is 28.5 Å². The molecular formula is C34H43N3O6S. The Bertz CT molecular complexity index is 1530. The maximum Gasteiger partial charge on any atom is 0.264 e. The second-order valence-corrected chi connectivity index (χ2v) is 13.1. The molecule has 0 heterocycles. The Labute approximate surface area is 261 Å². The fourth-order valence-electron chi connectivity index (χ4n) is 5.52. The van der Waals surface area contributed by atoms with Crippen molar-refractivity contribution in [3.63, 3.8) is 0 Å². The number of methoxy groups -OCH3 is 2. The van der Waals surface area contributed by atoms with Gasteiger partial charge >= 0.3 is 0 Å². The Hall–Kier alpha value is -4.05. The number of anilines is 1. The van der Waals surface area contributed by atoms with Crippen molar-refractivity contribution >= 4 is 27.5 Å². The zero-order chi connectivity index (χ0) is 31.9. The van der Waals surface area contributed by atoms with Crippen molar-refractivity contribution in [3.8, 4) is 11.5 Å². The molecule has 10 heteroatoms. The molecule has 0 bridgehead atoms. The van der Waals surface area contributed by atoms with E-state index in [0.717, 1.165) is 46.7 Å². The fourth-order valence-corrected chi connectivity index (χ4v) is 6.93. The van der Waals surface area contributed by atoms with E-state index in [-0.39, 0.29) is 29.1 Å². The van der Waals surface area contributed by atoms with Crippen LogP contribution in [0, 0.1) is 13.8 Å². The summed E-state index contributed by atoms with van der Waals surface area (Å²) in [6.07, 6.45) is 4.32. The number of carbonyl (C=O) groups excluding carboxylic acids is 2. The third kappa shape index (κ3) is 7.72. The summed E-state index contributed by atoms with van der Waals surface area (Å²) in [4.78, 5) is 29.5. The zero-order valence-corrected chi connectivity index (χ0v) is 27.0. The standard InChI is InChI=1S/C34H43N3O6S/c1-6-30(34(39)35-27-9-7-8-10-27)36(22-26-15-11-24(2)12-16-26)33(38)23-37(28-17-20-31(42-4)32(21-28)43-5)44(40,41)29-18-13-25(3)14-19-29/h11-21,27,30H,6-10,22-23H2,1-5H3,(H,35,39)/t30-/m0/s1. The van der Waals surface area contributed by atoms with Gasteiger partial charge in [-0.3, -0.25) is 13.9 Å². The van der Waals surface area contributed by atoms with Crippen LogP contribution in [0.25, 0.3) is 0 Å². The highest BCUT2D eigenvalue weighted by Crippen LogP contribution is 2.34. The average molecular weight is 622 g/mol. The number of sulfonamides is 1. The van der Waals surface area contributed by atoms with E-state index >= 15 is 0 Å². The van der Waals surface area contributed by atoms with Crippen LogP contribution in [-0.4, -0.2) is 58.0 Å². The number of aryl methyl sites for hydroxylation is 2. The Morgan fingerprint density at radius 2 is 1.48 bits per heavy atom. The summed E-state index contributed by atoms with van der Waals surface area (Å²) in [5.74, 6) is 0.0229. The number of nitrogens with zero attached hydrogens (tertiary/aromatic N) is 2. The first-order valence-corrected chi connectivity index (χ1v) is 16.5. The van der Waals surface area contributed by atoms with Crippen LogP contribution in [-0.2, 0) is 26.2 Å². The maximum absolute atomic E-state index is 14.3. The van der Waals surface area contributed by atoms with Gasteiger partial charge in [0.25, 0.3) is 10.0 Å². The Morgan fingerprint density at radius 3 is 2.05 bits per heavy atom. The summed E-state index contributed by atoms with van der Waals surface area (Å²) in [5, 5.41) is 3.14. The van der Waals surface area contributed by atoms with Gasteiger partial charge < -0.3 is 19.7 Å². The van der Waals surface area contributed by atoms with Crippen molar-refractivity contribution in [1.82, 2.24) is 10.2 Å². The lowest BCUT2D eigenvalue weighted by atomic mass is 10.1. The fraction of sp³-hybridized carbons (Fsp3) is 0.412. The molecule has 0 saturated heterocycles. The number of amides is 2. The second kappa shape index (κ2) is 14.6. The zero-order valence-electron chi connectivity index (χ0n) is 26.2. The lowest BCUT2D eigenvalue weighted by Gasteiger charge is -2.34. The molecule has 1 aliphatic rings. The number of benzene rings is 3. The molecule has 1 fully saturated rings. The SMILES string of the molecule is CC[C@@H](C(=O)NC1CCCC1)N(Cc1ccc(C)cc1)C(=O)CN(c1ccc(OC)c(OC)c1)S(=O)(=O)c1ccc(C)cc1. The molecule has 1 N–H and O–H groups in total. The van der Waals surface area contributed by atoms with Crippen molar-refractivity contribution < 1.29 is 27.5 Å². The van der Waals surface area contributed by atoms with Gasteiger partial charge in [-0.2, -0.15) is 0 Å². The van der Waals surface area contributed by atoms with Crippen LogP contribution in [0.1, 0.15) is 55.7 Å². The number of carbonyl (C=O) groups is 2. The topological polar surface area (TPSA) is 105 Å². The first-order valence-electron chi connectivity index (χ1n) is 15.0. The first kappa shape index (κ1) is 32.9. The van der Waals surface area contributed by atoms with Gasteiger partial charge in [-0.1, -0.05) is 67.3 Å². The Morgan fingerprint density at radius 1 is 0.886 bits per heavy atom. The van der Waals surface area contributed by atoms with Gasteiger partial charge in [0.2, 0.25) is 11.8 Å². The Kier molecular flexibility index (Phi) is 10.9. The highest BCUT2D eigenvalue weighted by molar-refractivity contribution is 7.92. The number of ether oxygens (including phenoxy) is 2. The summed E-state index contributed by atoms with van der Waals surface area (Å²) in [7, 11) is -1.25. The molecule has 1 aliphatic carbocycles. The van der Waals surface area contributed by atoms with E-state index in [1.165, 1.54) is 37.3 Å². The van der Waals surface area contributed by atoms with E-state index in [1.54, 1.807) is 24.3 Å². The van der Waals surface area contributed by atoms with Crippen molar-refractivity contribution in [2.24, 2.45) is 0 Å². The highest BCUT2D eigenvalue weighted by atomic mass is 32.2. The summed E-state index contributed by atoms with van der Waals surface area (Å²) in [5.41, 5.74) is 3.05. The van der Waals surface area contributed by atoms with Crippen LogP contribution in [0.3, 0.4) is 0 Å². The van der Waals surface area contributed by atoms with Crippen LogP contribution < -0.4 is 19.1 Å². The van der Waals surface area contributed by atoms with Gasteiger partial charge in [0.15, 0.2) is 11.5 Å². The first-order chi connectivity index (χ1) is 21.1. The third-order valence-electron chi connectivity index (χ3n) is 8.10. The molecule has 236 valence electrons. The molecular weight excluding hydrogens is 578 g/mol. The third-order valence-corrected chi connectivity index (χ3v) is 9.89. The Balaban J connectivity index is 1.75. The molecule has 3 aromatic rings. The van der Waals surface area contributed by atoms with Crippen LogP contribution in [0.4, 0.5) is 5.69 Å². The normalized spacial score (nSPS) is 14.1. The summed E-state index contributed by atoms with van der Waals surface area (Å²) in [6, 6.07) is 18.2. The lowest BCUT2D eigenvalue weighted by molar-refractivity contribution is -0.140. The molecule has 0 radical (unpaired) electrons. The van der Waals surface area contributed by atoms with Gasteiger partial charge in [-0.25, -0.2) is 8.42 Å². The molecule has 0 aliphatic heterocycles. The molecule has 4 rings (SSSR count). The second-order valence-electron chi connectivity index (χ2n) is 11.3. The molecule has 2 amide bonds. The summed E-state index contributed by atoms with van der Waals surface area (Å²) < 4.78 is 40.2. The van der Waals surface area contributed by atoms with Gasteiger partial charge in [0.05, 0.1) is 24.8 Å². The maximum atomic E-state index is 14.3. The van der Waals surface area contributed by atoms with Crippen molar-refractivity contribution in [2.75, 3.05) is 25.1 Å². The molecule has 0 aromatic heterocycles. The van der Waals surface area contributed by atoms with E-state index in [2.05, 4.69) is 5.32 Å². The molecule has 1 atom stereocenters. The van der Waals surface area contributed by atoms with Crippen molar-refractivity contribution in [2.45, 2.75) is 76.4 Å². The molecule has 3 aromatic carbocycles. The summed E-state index contributed by atoms with van der Waals surface area (Å²) >= 11 is 0. The number of nitrogens with one attached hydrogen (secondary N) is 1. The van der Waals surface area contributed by atoms with Crippen LogP contribution in [0.5, 0.6) is 11.5 Å². The quantitative estimate of drug-likeness (QED) is 0.275. The molecule has 9 nitrogen and oxygen atoms in total. The number of hydrogen-bond acceptors (Lipinski definition) is 6. The average Bonchev–Trinajstić information content (AvgIpc) is 3.53. The summed E-state index contributed by atoms with van der Waals surface area (Å²) in [6.45, 7) is 5.35. The van der Waals surface area contributed by atoms with Gasteiger partial charge in [0.1, 0.15) is 12.6 Å². The molecule has 0 spiro atoms. The van der Waals surface area contributed by atoms with Crippen LogP contribution in [0.2, 0.25) is 0 Å². The van der Waals surface area contributed by atoms with Gasteiger partial charge in [-0.15, -0.1) is 0 Å². The molecule has 0 unspecified atom stereocenters. The predicted octanol–water partition coefficient (Wildman–Crippen LogP) is 5.38. The minimum Gasteiger partial charge on any atom is -0.493 e. The van der Waals surface area contributed by atoms with E-state index in [9.17, 15) is 18.0 Å². The number of rotatable bonds is 13. The number of hydrogen-bond donors (Lipinski definition) is 1. The smallest absolute Gasteiger partial charge is 0.264 e. The van der Waals surface area contributed by atoms with Crippen molar-refractivity contribution in [1.29, 1.82) is 0 Å². The van der Waals surface area contributed by atoms with Crippen LogP contribution in [0.15, 0.2) is 71.6 Å². The van der Waals surface area contributed by atoms with E-state index in [4.69, 9.17) is 9.47 Å². The van der Waals surface area contributed by atoms with Gasteiger partial charge in [-0.05, 0) is 62.9 Å².